The third-order valence-electron chi connectivity index (χ3n) is 3.75. The number of carbonyl (C=O) groups excluding carboxylic acids is 2. The minimum Gasteiger partial charge on any atom is -0.460 e. The highest BCUT2D eigenvalue weighted by Crippen LogP contribution is 2.24. The Morgan fingerprint density at radius 2 is 1.33 bits per heavy atom. The van der Waals surface area contributed by atoms with Crippen molar-refractivity contribution < 1.29 is 28.9 Å². The molecule has 0 radical (unpaired) electrons. The highest BCUT2D eigenvalue weighted by Gasteiger charge is 2.41. The van der Waals surface area contributed by atoms with Crippen molar-refractivity contribution in [1.29, 1.82) is 0 Å². The van der Waals surface area contributed by atoms with E-state index in [9.17, 15) is 9.59 Å². The van der Waals surface area contributed by atoms with Crippen LogP contribution in [-0.4, -0.2) is 30.4 Å². The Kier molecular flexibility index (Phi) is 14.5. The van der Waals surface area contributed by atoms with Crippen LogP contribution in [0, 0.1) is 5.41 Å². The van der Waals surface area contributed by atoms with Crippen molar-refractivity contribution >= 4 is 12.1 Å². The zero-order chi connectivity index (χ0) is 22.8. The summed E-state index contributed by atoms with van der Waals surface area (Å²) >= 11 is 0. The standard InChI is InChI=1S/C13H14O5.C7H8O.2C2H6/c1-13(8-17-12(15)18-9-13)11(14)16-7-10-5-3-2-4-6-10;8-6-7-4-2-1-3-5-7;2*1-2/h2-6H,7-9H2,1H3;1-5,8H,6H2;2*1-2H3. The number of aliphatic hydroxyl groups excluding tert-OH is 1. The number of benzene rings is 2. The molecule has 0 aliphatic carbocycles. The molecule has 0 saturated carbocycles. The molecule has 0 amide bonds. The summed E-state index contributed by atoms with van der Waals surface area (Å²) in [7, 11) is 0. The van der Waals surface area contributed by atoms with Crippen LogP contribution in [0.25, 0.3) is 0 Å². The molecule has 6 nitrogen and oxygen atoms in total. The second-order valence-corrected chi connectivity index (χ2v) is 6.09. The second-order valence-electron chi connectivity index (χ2n) is 6.09. The Balaban J connectivity index is 0.000000585. The van der Waals surface area contributed by atoms with Crippen LogP contribution in [0.4, 0.5) is 4.79 Å². The third-order valence-corrected chi connectivity index (χ3v) is 3.75. The number of aliphatic hydroxyl groups is 1. The molecule has 1 aliphatic rings. The fourth-order valence-corrected chi connectivity index (χ4v) is 2.12. The summed E-state index contributed by atoms with van der Waals surface area (Å²) in [6.07, 6.45) is -0.747. The van der Waals surface area contributed by atoms with Gasteiger partial charge in [0, 0.05) is 0 Å². The van der Waals surface area contributed by atoms with E-state index in [0.29, 0.717) is 0 Å². The molecule has 6 heteroatoms. The van der Waals surface area contributed by atoms with E-state index >= 15 is 0 Å². The first-order valence-corrected chi connectivity index (χ1v) is 10.2. The van der Waals surface area contributed by atoms with Gasteiger partial charge in [-0.3, -0.25) is 4.79 Å². The van der Waals surface area contributed by atoms with Crippen molar-refractivity contribution in [2.24, 2.45) is 5.41 Å². The van der Waals surface area contributed by atoms with Crippen molar-refractivity contribution in [3.05, 3.63) is 71.8 Å². The second kappa shape index (κ2) is 16.0. The first-order chi connectivity index (χ1) is 14.5. The maximum absolute atomic E-state index is 11.9. The molecule has 1 saturated heterocycles. The molecule has 1 fully saturated rings. The SMILES string of the molecule is CC.CC.CC1(C(=O)OCc2ccccc2)COC(=O)OC1.OCc1ccccc1. The topological polar surface area (TPSA) is 82.1 Å². The van der Waals surface area contributed by atoms with Gasteiger partial charge in [-0.1, -0.05) is 88.4 Å². The summed E-state index contributed by atoms with van der Waals surface area (Å²) in [5.74, 6) is -0.432. The normalized spacial score (nSPS) is 13.3. The van der Waals surface area contributed by atoms with E-state index in [1.54, 1.807) is 6.92 Å². The van der Waals surface area contributed by atoms with Gasteiger partial charge in [0.2, 0.25) is 0 Å². The van der Waals surface area contributed by atoms with E-state index in [4.69, 9.17) is 19.3 Å². The molecule has 30 heavy (non-hydrogen) atoms. The van der Waals surface area contributed by atoms with Gasteiger partial charge >= 0.3 is 12.1 Å². The van der Waals surface area contributed by atoms with Crippen LogP contribution in [0.3, 0.4) is 0 Å². The maximum Gasteiger partial charge on any atom is 0.508 e. The van der Waals surface area contributed by atoms with E-state index in [1.807, 2.05) is 88.4 Å². The van der Waals surface area contributed by atoms with Gasteiger partial charge in [-0.15, -0.1) is 0 Å². The van der Waals surface area contributed by atoms with Crippen LogP contribution in [0.15, 0.2) is 60.7 Å². The average molecular weight is 419 g/mol. The molecule has 1 N–H and O–H groups in total. The molecule has 2 aromatic carbocycles. The van der Waals surface area contributed by atoms with E-state index in [2.05, 4.69) is 0 Å². The smallest absolute Gasteiger partial charge is 0.460 e. The molecule has 166 valence electrons. The lowest BCUT2D eigenvalue weighted by Crippen LogP contribution is -2.44. The van der Waals surface area contributed by atoms with Gasteiger partial charge in [0.25, 0.3) is 0 Å². The first kappa shape index (κ1) is 27.1. The lowest BCUT2D eigenvalue weighted by atomic mass is 9.93. The Labute approximate surface area is 179 Å². The van der Waals surface area contributed by atoms with Crippen LogP contribution in [-0.2, 0) is 32.2 Å². The fourth-order valence-electron chi connectivity index (χ4n) is 2.12. The molecule has 0 atom stereocenters. The number of hydrogen-bond acceptors (Lipinski definition) is 6. The van der Waals surface area contributed by atoms with Crippen molar-refractivity contribution in [2.75, 3.05) is 13.2 Å². The molecule has 0 unspecified atom stereocenters. The number of rotatable bonds is 4. The first-order valence-electron chi connectivity index (χ1n) is 10.2. The minimum atomic E-state index is -0.928. The van der Waals surface area contributed by atoms with E-state index < -0.39 is 17.5 Å². The summed E-state index contributed by atoms with van der Waals surface area (Å²) in [6.45, 7) is 9.95. The van der Waals surface area contributed by atoms with E-state index in [0.717, 1.165) is 11.1 Å². The average Bonchev–Trinajstić information content (AvgIpc) is 2.83. The molecule has 1 heterocycles. The Morgan fingerprint density at radius 3 is 1.73 bits per heavy atom. The lowest BCUT2D eigenvalue weighted by molar-refractivity contribution is -0.167. The zero-order valence-electron chi connectivity index (χ0n) is 18.6. The molecule has 3 rings (SSSR count). The highest BCUT2D eigenvalue weighted by atomic mass is 16.7. The van der Waals surface area contributed by atoms with Gasteiger partial charge in [-0.25, -0.2) is 4.79 Å². The molecule has 1 aliphatic heterocycles. The van der Waals surface area contributed by atoms with Gasteiger partial charge in [0.15, 0.2) is 0 Å². The van der Waals surface area contributed by atoms with Gasteiger partial charge < -0.3 is 19.3 Å². The Morgan fingerprint density at radius 1 is 0.900 bits per heavy atom. The summed E-state index contributed by atoms with van der Waals surface area (Å²) < 4.78 is 14.6. The molecule has 0 aromatic heterocycles. The maximum atomic E-state index is 11.9. The molecule has 0 bridgehead atoms. The third kappa shape index (κ3) is 10.1. The van der Waals surface area contributed by atoms with Crippen LogP contribution in [0.5, 0.6) is 0 Å². The van der Waals surface area contributed by atoms with Crippen molar-refractivity contribution in [2.45, 2.75) is 47.8 Å². The summed E-state index contributed by atoms with van der Waals surface area (Å²) in [5.41, 5.74) is 0.943. The monoisotopic (exact) mass is 418 g/mol. The summed E-state index contributed by atoms with van der Waals surface area (Å²) in [5, 5.41) is 8.54. The fraction of sp³-hybridized carbons (Fsp3) is 0.417. The van der Waals surface area contributed by atoms with Gasteiger partial charge in [-0.05, 0) is 18.1 Å². The van der Waals surface area contributed by atoms with E-state index in [1.165, 1.54) is 0 Å². The number of hydrogen-bond donors (Lipinski definition) is 1. The van der Waals surface area contributed by atoms with Crippen LogP contribution < -0.4 is 0 Å². The van der Waals surface area contributed by atoms with Crippen molar-refractivity contribution in [1.82, 2.24) is 0 Å². The molecule has 0 spiro atoms. The summed E-state index contributed by atoms with van der Waals surface area (Å²) in [4.78, 5) is 22.7. The number of cyclic esters (lactones) is 2. The highest BCUT2D eigenvalue weighted by molar-refractivity contribution is 5.78. The lowest BCUT2D eigenvalue weighted by Gasteiger charge is -2.29. The largest absolute Gasteiger partial charge is 0.508 e. The molecule has 2 aromatic rings. The summed E-state index contributed by atoms with van der Waals surface area (Å²) in [6, 6.07) is 18.9. The predicted molar refractivity (Wildman–Crippen MR) is 117 cm³/mol. The number of carbonyl (C=O) groups is 2. The van der Waals surface area contributed by atoms with E-state index in [-0.39, 0.29) is 26.4 Å². The number of esters is 1. The van der Waals surface area contributed by atoms with Gasteiger partial charge in [0.05, 0.1) is 6.61 Å². The van der Waals surface area contributed by atoms with Crippen molar-refractivity contribution in [3.8, 4) is 0 Å². The quantitative estimate of drug-likeness (QED) is 0.693. The Hall–Kier alpha value is -2.86. The van der Waals surface area contributed by atoms with Gasteiger partial charge in [0.1, 0.15) is 25.2 Å². The van der Waals surface area contributed by atoms with Crippen molar-refractivity contribution in [3.63, 3.8) is 0 Å². The van der Waals surface area contributed by atoms with Crippen LogP contribution >= 0.6 is 0 Å². The Bertz CT molecular complexity index is 690. The van der Waals surface area contributed by atoms with Crippen LogP contribution in [0.1, 0.15) is 45.7 Å². The molecular formula is C24H34O6. The number of ether oxygens (including phenoxy) is 3. The predicted octanol–water partition coefficient (Wildman–Crippen LogP) is 5.13. The van der Waals surface area contributed by atoms with Gasteiger partial charge in [-0.2, -0.15) is 0 Å². The zero-order valence-corrected chi connectivity index (χ0v) is 18.6. The molecular weight excluding hydrogens is 384 g/mol. The minimum absolute atomic E-state index is 0.0144. The van der Waals surface area contributed by atoms with Crippen LogP contribution in [0.2, 0.25) is 0 Å².